The molecule has 0 saturated heterocycles. The van der Waals surface area contributed by atoms with Crippen molar-refractivity contribution in [1.29, 1.82) is 0 Å². The van der Waals surface area contributed by atoms with Crippen molar-refractivity contribution < 1.29 is 13.2 Å². The molecule has 2 nitrogen and oxygen atoms in total. The van der Waals surface area contributed by atoms with E-state index < -0.39 is 17.9 Å². The predicted octanol–water partition coefficient (Wildman–Crippen LogP) is 4.11. The Morgan fingerprint density at radius 3 is 2.52 bits per heavy atom. The molecular weight excluding hydrogens is 277 g/mol. The van der Waals surface area contributed by atoms with E-state index in [1.165, 1.54) is 0 Å². The number of aliphatic imine (C=N–C) groups is 1. The third-order valence-electron chi connectivity index (χ3n) is 3.41. The number of anilines is 1. The first kappa shape index (κ1) is 13.7. The number of hydrogen-bond donors (Lipinski definition) is 1. The molecule has 1 aromatic rings. The number of fused-ring (bicyclic) bond motifs is 1. The van der Waals surface area contributed by atoms with E-state index >= 15 is 0 Å². The smallest absolute Gasteiger partial charge is 0.378 e. The summed E-state index contributed by atoms with van der Waals surface area (Å²) in [4.78, 5) is 3.74. The van der Waals surface area contributed by atoms with Gasteiger partial charge in [-0.05, 0) is 24.3 Å². The lowest BCUT2D eigenvalue weighted by Crippen LogP contribution is -2.36. The molecule has 0 spiro atoms. The second-order valence-corrected chi connectivity index (χ2v) is 4.89. The van der Waals surface area contributed by atoms with Gasteiger partial charge < -0.3 is 5.32 Å². The molecule has 0 radical (unpaired) electrons. The van der Waals surface area contributed by atoms with E-state index in [0.29, 0.717) is 5.71 Å². The average Bonchev–Trinajstić information content (AvgIpc) is 2.47. The van der Waals surface area contributed by atoms with E-state index in [1.54, 1.807) is 12.2 Å². The maximum atomic E-state index is 13.0. The highest BCUT2D eigenvalue weighted by molar-refractivity contribution is 6.01. The minimum Gasteiger partial charge on any atom is -0.378 e. The average molecular weight is 290 g/mol. The van der Waals surface area contributed by atoms with Crippen molar-refractivity contribution in [3.63, 3.8) is 0 Å². The molecule has 0 amide bonds. The fourth-order valence-electron chi connectivity index (χ4n) is 2.43. The maximum Gasteiger partial charge on any atom is 0.433 e. The van der Waals surface area contributed by atoms with Gasteiger partial charge in [0.2, 0.25) is 0 Å². The van der Waals surface area contributed by atoms with Gasteiger partial charge in [-0.1, -0.05) is 36.4 Å². The topological polar surface area (TPSA) is 24.4 Å². The Kier molecular flexibility index (Phi) is 3.41. The highest BCUT2D eigenvalue weighted by atomic mass is 19.4. The van der Waals surface area contributed by atoms with Crippen molar-refractivity contribution in [2.75, 3.05) is 5.32 Å². The largest absolute Gasteiger partial charge is 0.433 e. The Bertz CT molecular complexity index is 639. The van der Waals surface area contributed by atoms with Crippen LogP contribution in [0.25, 0.3) is 0 Å². The summed E-state index contributed by atoms with van der Waals surface area (Å²) in [6.07, 6.45) is 3.74. The van der Waals surface area contributed by atoms with Gasteiger partial charge >= 0.3 is 6.18 Å². The molecule has 0 fully saturated rings. The fraction of sp³-hybridized carbons (Fsp3) is 0.188. The summed E-state index contributed by atoms with van der Waals surface area (Å²) in [5, 5.41) is 3.14. The van der Waals surface area contributed by atoms with Crippen molar-refractivity contribution in [3.8, 4) is 0 Å². The number of benzene rings is 1. The third-order valence-corrected chi connectivity index (χ3v) is 3.41. The molecule has 2 unspecified atom stereocenters. The SMILES string of the molecule is FC(F)(F)C1=CC(Nc2ccccc2)C2C=CC=CC2=N1. The third kappa shape index (κ3) is 2.91. The molecule has 1 aromatic carbocycles. The Morgan fingerprint density at radius 1 is 1.05 bits per heavy atom. The number of rotatable bonds is 2. The molecule has 1 aliphatic carbocycles. The number of halogens is 3. The summed E-state index contributed by atoms with van der Waals surface area (Å²) < 4.78 is 38.9. The van der Waals surface area contributed by atoms with Crippen LogP contribution in [-0.4, -0.2) is 17.9 Å². The maximum absolute atomic E-state index is 13.0. The first-order valence-electron chi connectivity index (χ1n) is 6.58. The van der Waals surface area contributed by atoms with Gasteiger partial charge in [0.15, 0.2) is 0 Å². The van der Waals surface area contributed by atoms with Gasteiger partial charge in [0.1, 0.15) is 5.70 Å². The van der Waals surface area contributed by atoms with Crippen LogP contribution >= 0.6 is 0 Å². The van der Waals surface area contributed by atoms with E-state index in [0.717, 1.165) is 11.8 Å². The molecule has 21 heavy (non-hydrogen) atoms. The van der Waals surface area contributed by atoms with Gasteiger partial charge in [-0.15, -0.1) is 0 Å². The number of allylic oxidation sites excluding steroid dienone is 4. The molecule has 108 valence electrons. The van der Waals surface area contributed by atoms with Crippen molar-refractivity contribution in [3.05, 3.63) is 66.4 Å². The van der Waals surface area contributed by atoms with Crippen LogP contribution in [0.2, 0.25) is 0 Å². The molecule has 0 aromatic heterocycles. The zero-order valence-electron chi connectivity index (χ0n) is 11.0. The number of nitrogens with one attached hydrogen (secondary N) is 1. The normalized spacial score (nSPS) is 24.1. The lowest BCUT2D eigenvalue weighted by molar-refractivity contribution is -0.0929. The lowest BCUT2D eigenvalue weighted by Gasteiger charge is -2.30. The van der Waals surface area contributed by atoms with Crippen molar-refractivity contribution in [1.82, 2.24) is 0 Å². The van der Waals surface area contributed by atoms with Gasteiger partial charge in [0.05, 0.1) is 11.8 Å². The molecule has 1 N–H and O–H groups in total. The minimum atomic E-state index is -4.44. The van der Waals surface area contributed by atoms with Crippen molar-refractivity contribution in [2.24, 2.45) is 10.9 Å². The molecule has 3 rings (SSSR count). The van der Waals surface area contributed by atoms with Gasteiger partial charge in [0, 0.05) is 11.6 Å². The van der Waals surface area contributed by atoms with Crippen molar-refractivity contribution >= 4 is 11.4 Å². The molecule has 2 atom stereocenters. The van der Waals surface area contributed by atoms with Crippen LogP contribution in [0.1, 0.15) is 0 Å². The number of hydrogen-bond acceptors (Lipinski definition) is 2. The zero-order valence-corrected chi connectivity index (χ0v) is 11.0. The molecule has 2 aliphatic rings. The van der Waals surface area contributed by atoms with Gasteiger partial charge in [0.25, 0.3) is 0 Å². The first-order valence-corrected chi connectivity index (χ1v) is 6.58. The van der Waals surface area contributed by atoms with Crippen molar-refractivity contribution in [2.45, 2.75) is 12.2 Å². The molecule has 1 aliphatic heterocycles. The van der Waals surface area contributed by atoms with Crippen LogP contribution in [0, 0.1) is 5.92 Å². The number of para-hydroxylation sites is 1. The monoisotopic (exact) mass is 290 g/mol. The van der Waals surface area contributed by atoms with E-state index in [2.05, 4.69) is 10.3 Å². The second kappa shape index (κ2) is 5.24. The predicted molar refractivity (Wildman–Crippen MR) is 77.2 cm³/mol. The number of alkyl halides is 3. The summed E-state index contributed by atoms with van der Waals surface area (Å²) in [7, 11) is 0. The highest BCUT2D eigenvalue weighted by Gasteiger charge is 2.39. The van der Waals surface area contributed by atoms with Gasteiger partial charge in [-0.3, -0.25) is 0 Å². The van der Waals surface area contributed by atoms with Crippen LogP contribution in [0.3, 0.4) is 0 Å². The van der Waals surface area contributed by atoms with Gasteiger partial charge in [-0.25, -0.2) is 4.99 Å². The van der Waals surface area contributed by atoms with Crippen LogP contribution in [0.15, 0.2) is 71.4 Å². The highest BCUT2D eigenvalue weighted by Crippen LogP contribution is 2.33. The van der Waals surface area contributed by atoms with E-state index in [4.69, 9.17) is 0 Å². The van der Waals surface area contributed by atoms with Crippen LogP contribution in [-0.2, 0) is 0 Å². The summed E-state index contributed by atoms with van der Waals surface area (Å²) >= 11 is 0. The Morgan fingerprint density at radius 2 is 1.81 bits per heavy atom. The minimum absolute atomic E-state index is 0.193. The van der Waals surface area contributed by atoms with Crippen LogP contribution < -0.4 is 5.32 Å². The second-order valence-electron chi connectivity index (χ2n) is 4.89. The van der Waals surface area contributed by atoms with Crippen LogP contribution in [0.5, 0.6) is 0 Å². The van der Waals surface area contributed by atoms with E-state index in [1.807, 2.05) is 42.5 Å². The first-order chi connectivity index (χ1) is 10.0. The molecule has 0 bridgehead atoms. The summed E-state index contributed by atoms with van der Waals surface area (Å²) in [6, 6.07) is 8.72. The molecule has 1 heterocycles. The Labute approximate surface area is 120 Å². The summed E-state index contributed by atoms with van der Waals surface area (Å²) in [6.45, 7) is 0. The quantitative estimate of drug-likeness (QED) is 0.871. The zero-order chi connectivity index (χ0) is 14.9. The molecule has 5 heteroatoms. The number of nitrogens with zero attached hydrogens (tertiary/aromatic N) is 1. The molecule has 0 saturated carbocycles. The standard InChI is InChI=1S/C16H13F3N2/c17-16(18,19)15-10-14(20-11-6-2-1-3-7-11)12-8-4-5-9-13(12)21-15/h1-10,12,14,20H. The van der Waals surface area contributed by atoms with E-state index in [-0.39, 0.29) is 5.92 Å². The molecular formula is C16H13F3N2. The Hall–Kier alpha value is -2.30. The summed E-state index contributed by atoms with van der Waals surface area (Å²) in [5.74, 6) is -0.193. The fourth-order valence-corrected chi connectivity index (χ4v) is 2.43. The summed E-state index contributed by atoms with van der Waals surface area (Å²) in [5.41, 5.74) is 0.368. The Balaban J connectivity index is 1.94. The van der Waals surface area contributed by atoms with E-state index in [9.17, 15) is 13.2 Å². The van der Waals surface area contributed by atoms with Crippen LogP contribution in [0.4, 0.5) is 18.9 Å². The van der Waals surface area contributed by atoms with Gasteiger partial charge in [-0.2, -0.15) is 13.2 Å². The lowest BCUT2D eigenvalue weighted by atomic mass is 9.87.